The van der Waals surface area contributed by atoms with E-state index in [4.69, 9.17) is 0 Å². The van der Waals surface area contributed by atoms with Gasteiger partial charge in [0.25, 0.3) is 0 Å². The minimum Gasteiger partial charge on any atom is -0.265 e. The normalized spacial score (nSPS) is 12.9. The number of aryl methyl sites for hydroxylation is 1. The van der Waals surface area contributed by atoms with Crippen molar-refractivity contribution in [2.75, 3.05) is 0 Å². The van der Waals surface area contributed by atoms with E-state index in [1.54, 1.807) is 18.1 Å². The van der Waals surface area contributed by atoms with Crippen LogP contribution >= 0.6 is 0 Å². The van der Waals surface area contributed by atoms with Crippen molar-refractivity contribution in [2.45, 2.75) is 132 Å². The molecular weight excluding hydrogens is 511 g/mol. The molecule has 1 heterocycles. The predicted molar refractivity (Wildman–Crippen MR) is 183 cm³/mol. The number of allylic oxidation sites excluding steroid dienone is 3. The average molecular weight is 572 g/mol. The van der Waals surface area contributed by atoms with Gasteiger partial charge in [0.2, 0.25) is 0 Å². The molecule has 0 unspecified atom stereocenters. The van der Waals surface area contributed by atoms with E-state index in [-0.39, 0.29) is 0 Å². The lowest BCUT2D eigenvalue weighted by molar-refractivity contribution is 0.831. The monoisotopic (exact) mass is 571 g/mol. The third kappa shape index (κ3) is 15.4. The number of pyridine rings is 1. The first-order chi connectivity index (χ1) is 17.4. The lowest BCUT2D eigenvalue weighted by Crippen LogP contribution is -2.37. The van der Waals surface area contributed by atoms with Crippen molar-refractivity contribution in [3.05, 3.63) is 68.1 Å². The lowest BCUT2D eigenvalue weighted by atomic mass is 10.2. The van der Waals surface area contributed by atoms with Gasteiger partial charge in [0, 0.05) is 12.4 Å². The standard InChI is InChI=1S/C32H61NSi4/c1-10-22-34(4,5)25-14-29-37(30-15-26-35(6,7)23-11-2,31-16-27-36(8,9)24-12-3)28-13-17-32-18-20-33-21-19-32/h10-12,18-21H,1-3,13-17,22-31H2,4-9H3. The Kier molecular flexibility index (Phi) is 15.8. The predicted octanol–water partition coefficient (Wildman–Crippen LogP) is 11.3. The SMILES string of the molecule is C=CC[Si](C)(C)CCC[Si](CCCc1ccncc1)(CCC[Si](C)(C)CC=C)CCC[Si](C)(C)CC=C. The van der Waals surface area contributed by atoms with Crippen LogP contribution in [0.15, 0.2) is 62.5 Å². The first-order valence-electron chi connectivity index (χ1n) is 15.1. The quantitative estimate of drug-likeness (QED) is 0.0996. The molecule has 1 aromatic heterocycles. The fraction of sp³-hybridized carbons (Fsp3) is 0.656. The summed E-state index contributed by atoms with van der Waals surface area (Å²) in [6.07, 6.45) is 17.5. The fourth-order valence-corrected chi connectivity index (χ4v) is 18.9. The summed E-state index contributed by atoms with van der Waals surface area (Å²) in [5, 5.41) is 0. The zero-order valence-electron chi connectivity index (χ0n) is 25.7. The molecule has 0 aliphatic heterocycles. The van der Waals surface area contributed by atoms with E-state index in [9.17, 15) is 0 Å². The number of aromatic nitrogens is 1. The molecule has 0 bridgehead atoms. The zero-order chi connectivity index (χ0) is 27.8. The molecule has 5 heteroatoms. The first-order valence-corrected chi connectivity index (χ1v) is 28.2. The van der Waals surface area contributed by atoms with Gasteiger partial charge >= 0.3 is 0 Å². The summed E-state index contributed by atoms with van der Waals surface area (Å²) in [6, 6.07) is 18.9. The lowest BCUT2D eigenvalue weighted by Gasteiger charge is -2.35. The summed E-state index contributed by atoms with van der Waals surface area (Å²) in [5.41, 5.74) is 1.47. The Labute approximate surface area is 236 Å². The fourth-order valence-electron chi connectivity index (χ4n) is 6.27. The van der Waals surface area contributed by atoms with Gasteiger partial charge in [-0.05, 0) is 42.2 Å². The van der Waals surface area contributed by atoms with Crippen LogP contribution in [-0.4, -0.2) is 37.3 Å². The van der Waals surface area contributed by atoms with Crippen molar-refractivity contribution in [3.63, 3.8) is 0 Å². The summed E-state index contributed by atoms with van der Waals surface area (Å²) in [6.45, 7) is 27.7. The van der Waals surface area contributed by atoms with E-state index >= 15 is 0 Å². The maximum atomic E-state index is 4.24. The zero-order valence-corrected chi connectivity index (χ0v) is 29.7. The maximum Gasteiger partial charge on any atom is 0.0535 e. The minimum absolute atomic E-state index is 1.14. The second kappa shape index (κ2) is 17.0. The largest absolute Gasteiger partial charge is 0.265 e. The number of hydrogen-bond donors (Lipinski definition) is 0. The highest BCUT2D eigenvalue weighted by atomic mass is 28.3. The van der Waals surface area contributed by atoms with Gasteiger partial charge in [0.1, 0.15) is 0 Å². The average Bonchev–Trinajstić information content (AvgIpc) is 2.79. The van der Waals surface area contributed by atoms with Crippen LogP contribution in [-0.2, 0) is 6.42 Å². The van der Waals surface area contributed by atoms with Crippen molar-refractivity contribution < 1.29 is 0 Å². The Morgan fingerprint density at radius 2 is 0.919 bits per heavy atom. The Balaban J connectivity index is 3.04. The van der Waals surface area contributed by atoms with Crippen LogP contribution in [0.25, 0.3) is 0 Å². The van der Waals surface area contributed by atoms with Gasteiger partial charge in [0.15, 0.2) is 0 Å². The summed E-state index contributed by atoms with van der Waals surface area (Å²) in [7, 11) is -4.77. The van der Waals surface area contributed by atoms with E-state index in [0.717, 1.165) is 0 Å². The molecule has 0 N–H and O–H groups in total. The van der Waals surface area contributed by atoms with Crippen LogP contribution in [0.3, 0.4) is 0 Å². The van der Waals surface area contributed by atoms with Gasteiger partial charge in [-0.1, -0.05) is 126 Å². The molecule has 0 amide bonds. The number of rotatable bonds is 22. The second-order valence-corrected chi connectivity index (χ2v) is 35.0. The molecule has 0 aliphatic rings. The van der Waals surface area contributed by atoms with Gasteiger partial charge in [-0.3, -0.25) is 4.98 Å². The van der Waals surface area contributed by atoms with Gasteiger partial charge in [-0.2, -0.15) is 0 Å². The number of nitrogens with zero attached hydrogens (tertiary/aromatic N) is 1. The van der Waals surface area contributed by atoms with Crippen molar-refractivity contribution in [2.24, 2.45) is 0 Å². The van der Waals surface area contributed by atoms with Crippen LogP contribution in [0.2, 0.25) is 99.7 Å². The number of hydrogen-bond acceptors (Lipinski definition) is 1. The molecule has 210 valence electrons. The van der Waals surface area contributed by atoms with Gasteiger partial charge in [-0.25, -0.2) is 0 Å². The summed E-state index contributed by atoms with van der Waals surface area (Å²) < 4.78 is 0. The van der Waals surface area contributed by atoms with Gasteiger partial charge in [-0.15, -0.1) is 19.7 Å². The van der Waals surface area contributed by atoms with Crippen molar-refractivity contribution in [1.82, 2.24) is 4.98 Å². The van der Waals surface area contributed by atoms with E-state index in [1.165, 1.54) is 80.0 Å². The molecule has 0 atom stereocenters. The molecule has 0 radical (unpaired) electrons. The van der Waals surface area contributed by atoms with E-state index in [1.807, 2.05) is 12.4 Å². The molecule has 0 aliphatic carbocycles. The molecule has 0 saturated heterocycles. The molecule has 37 heavy (non-hydrogen) atoms. The Morgan fingerprint density at radius 3 is 1.27 bits per heavy atom. The second-order valence-electron chi connectivity index (χ2n) is 14.2. The first kappa shape index (κ1) is 34.3. The smallest absolute Gasteiger partial charge is 0.0535 e. The van der Waals surface area contributed by atoms with Gasteiger partial charge in [0.05, 0.1) is 32.3 Å². The maximum absolute atomic E-state index is 4.24. The Bertz CT molecular complexity index is 716. The van der Waals surface area contributed by atoms with E-state index in [0.29, 0.717) is 0 Å². The van der Waals surface area contributed by atoms with Crippen molar-refractivity contribution in [3.8, 4) is 0 Å². The molecule has 0 fully saturated rings. The molecule has 1 nitrogen and oxygen atoms in total. The van der Waals surface area contributed by atoms with E-state index < -0.39 is 32.3 Å². The third-order valence-corrected chi connectivity index (χ3v) is 23.7. The topological polar surface area (TPSA) is 12.9 Å². The molecular formula is C32H61NSi4. The van der Waals surface area contributed by atoms with Crippen LogP contribution in [0.5, 0.6) is 0 Å². The highest BCUT2D eigenvalue weighted by molar-refractivity contribution is 6.82. The van der Waals surface area contributed by atoms with Crippen LogP contribution in [0.4, 0.5) is 0 Å². The van der Waals surface area contributed by atoms with Gasteiger partial charge < -0.3 is 0 Å². The highest BCUT2D eigenvalue weighted by Gasteiger charge is 2.34. The van der Waals surface area contributed by atoms with Crippen LogP contribution in [0.1, 0.15) is 31.2 Å². The van der Waals surface area contributed by atoms with Crippen LogP contribution < -0.4 is 0 Å². The van der Waals surface area contributed by atoms with Crippen LogP contribution in [0, 0.1) is 0 Å². The molecule has 1 aromatic rings. The summed E-state index contributed by atoms with van der Waals surface area (Å²) >= 11 is 0. The highest BCUT2D eigenvalue weighted by Crippen LogP contribution is 2.37. The molecule has 0 spiro atoms. The Morgan fingerprint density at radius 1 is 0.568 bits per heavy atom. The summed E-state index contributed by atoms with van der Waals surface area (Å²) in [4.78, 5) is 4.24. The summed E-state index contributed by atoms with van der Waals surface area (Å²) in [5.74, 6) is 0. The molecule has 0 aromatic carbocycles. The molecule has 0 saturated carbocycles. The third-order valence-electron chi connectivity index (χ3n) is 8.69. The van der Waals surface area contributed by atoms with E-state index in [2.05, 4.69) is 94.4 Å². The minimum atomic E-state index is -1.34. The van der Waals surface area contributed by atoms with Crippen molar-refractivity contribution >= 4 is 32.3 Å². The molecule has 1 rings (SSSR count). The Hall–Kier alpha value is -0.762. The van der Waals surface area contributed by atoms with Crippen molar-refractivity contribution in [1.29, 1.82) is 0 Å².